The maximum Gasteiger partial charge on any atom is 0.191 e. The van der Waals surface area contributed by atoms with Gasteiger partial charge in [0.2, 0.25) is 0 Å². The van der Waals surface area contributed by atoms with Crippen LogP contribution in [0, 0.1) is 0 Å². The SMILES string of the molecule is CCNC(=NCc1cccc(CN(C)C)c1)NCCCOC1CCCCC1.I. The van der Waals surface area contributed by atoms with Gasteiger partial charge in [-0.15, -0.1) is 24.0 Å². The Labute approximate surface area is 188 Å². The van der Waals surface area contributed by atoms with Crippen LogP contribution in [0.25, 0.3) is 0 Å². The first-order chi connectivity index (χ1) is 13.2. The molecule has 1 saturated carbocycles. The van der Waals surface area contributed by atoms with Crippen LogP contribution in [0.5, 0.6) is 0 Å². The lowest BCUT2D eigenvalue weighted by molar-refractivity contribution is 0.0277. The summed E-state index contributed by atoms with van der Waals surface area (Å²) in [6.07, 6.45) is 8.03. The molecule has 0 saturated heterocycles. The first-order valence-electron chi connectivity index (χ1n) is 10.5. The van der Waals surface area contributed by atoms with E-state index in [1.807, 2.05) is 0 Å². The highest BCUT2D eigenvalue weighted by Crippen LogP contribution is 2.20. The summed E-state index contributed by atoms with van der Waals surface area (Å²) in [7, 11) is 4.19. The summed E-state index contributed by atoms with van der Waals surface area (Å²) in [5, 5.41) is 6.76. The molecule has 1 aliphatic carbocycles. The van der Waals surface area contributed by atoms with Crippen molar-refractivity contribution in [2.75, 3.05) is 33.8 Å². The molecule has 0 spiro atoms. The van der Waals surface area contributed by atoms with Gasteiger partial charge in [-0.25, -0.2) is 4.99 Å². The summed E-state index contributed by atoms with van der Waals surface area (Å²) < 4.78 is 5.99. The average molecular weight is 502 g/mol. The van der Waals surface area contributed by atoms with Crippen molar-refractivity contribution < 1.29 is 4.74 Å². The summed E-state index contributed by atoms with van der Waals surface area (Å²) in [5.74, 6) is 0.883. The highest BCUT2D eigenvalue weighted by atomic mass is 127. The molecule has 160 valence electrons. The maximum absolute atomic E-state index is 5.99. The highest BCUT2D eigenvalue weighted by molar-refractivity contribution is 14.0. The number of guanidine groups is 1. The molecule has 0 heterocycles. The largest absolute Gasteiger partial charge is 0.378 e. The lowest BCUT2D eigenvalue weighted by Gasteiger charge is -2.22. The van der Waals surface area contributed by atoms with Gasteiger partial charge in [-0.1, -0.05) is 43.5 Å². The lowest BCUT2D eigenvalue weighted by Crippen LogP contribution is -2.38. The molecule has 0 atom stereocenters. The van der Waals surface area contributed by atoms with Crippen molar-refractivity contribution in [3.63, 3.8) is 0 Å². The summed E-state index contributed by atoms with van der Waals surface area (Å²) in [6.45, 7) is 6.33. The minimum absolute atomic E-state index is 0. The predicted molar refractivity (Wildman–Crippen MR) is 130 cm³/mol. The standard InChI is InChI=1S/C22H38N4O.HI/c1-4-23-22(24-14-9-15-27-21-12-6-5-7-13-21)25-17-19-10-8-11-20(16-19)18-26(2)3;/h8,10-11,16,21H,4-7,9,12-15,17-18H2,1-3H3,(H2,23,24,25);1H. The molecule has 1 aliphatic rings. The van der Waals surface area contributed by atoms with Gasteiger partial charge in [0.15, 0.2) is 5.96 Å². The van der Waals surface area contributed by atoms with Gasteiger partial charge >= 0.3 is 0 Å². The van der Waals surface area contributed by atoms with E-state index >= 15 is 0 Å². The Morgan fingerprint density at radius 1 is 1.14 bits per heavy atom. The Morgan fingerprint density at radius 3 is 2.61 bits per heavy atom. The lowest BCUT2D eigenvalue weighted by atomic mass is 9.98. The fourth-order valence-electron chi connectivity index (χ4n) is 3.46. The first-order valence-corrected chi connectivity index (χ1v) is 10.5. The molecule has 1 fully saturated rings. The van der Waals surface area contributed by atoms with E-state index in [9.17, 15) is 0 Å². The molecule has 5 nitrogen and oxygen atoms in total. The number of rotatable bonds is 10. The quantitative estimate of drug-likeness (QED) is 0.218. The molecule has 0 aliphatic heterocycles. The Balaban J connectivity index is 0.00000392. The van der Waals surface area contributed by atoms with E-state index < -0.39 is 0 Å². The molecule has 1 aromatic rings. The van der Waals surface area contributed by atoms with E-state index in [2.05, 4.69) is 60.8 Å². The number of halogens is 1. The fourth-order valence-corrected chi connectivity index (χ4v) is 3.46. The number of nitrogens with one attached hydrogen (secondary N) is 2. The van der Waals surface area contributed by atoms with Gasteiger partial charge in [0.05, 0.1) is 12.6 Å². The second kappa shape index (κ2) is 15.0. The smallest absolute Gasteiger partial charge is 0.191 e. The monoisotopic (exact) mass is 502 g/mol. The van der Waals surface area contributed by atoms with Crippen LogP contribution in [-0.2, 0) is 17.8 Å². The van der Waals surface area contributed by atoms with Crippen LogP contribution in [-0.4, -0.2) is 50.8 Å². The van der Waals surface area contributed by atoms with Gasteiger partial charge in [-0.05, 0) is 51.4 Å². The van der Waals surface area contributed by atoms with E-state index in [-0.39, 0.29) is 24.0 Å². The number of benzene rings is 1. The molecule has 6 heteroatoms. The molecule has 0 aromatic heterocycles. The number of nitrogens with zero attached hydrogens (tertiary/aromatic N) is 2. The molecule has 0 radical (unpaired) electrons. The van der Waals surface area contributed by atoms with Crippen molar-refractivity contribution >= 4 is 29.9 Å². The fraction of sp³-hybridized carbons (Fsp3) is 0.682. The van der Waals surface area contributed by atoms with Crippen molar-refractivity contribution in [2.45, 2.75) is 64.6 Å². The van der Waals surface area contributed by atoms with E-state index in [1.165, 1.54) is 43.2 Å². The summed E-state index contributed by atoms with van der Waals surface area (Å²) in [6, 6.07) is 8.67. The molecule has 28 heavy (non-hydrogen) atoms. The second-order valence-corrected chi connectivity index (χ2v) is 7.66. The van der Waals surface area contributed by atoms with E-state index in [4.69, 9.17) is 9.73 Å². The Bertz CT molecular complexity index is 559. The zero-order chi connectivity index (χ0) is 19.3. The third kappa shape index (κ3) is 10.6. The van der Waals surface area contributed by atoms with Crippen molar-refractivity contribution in [1.82, 2.24) is 15.5 Å². The molecule has 0 amide bonds. The van der Waals surface area contributed by atoms with Crippen molar-refractivity contribution in [1.29, 1.82) is 0 Å². The zero-order valence-electron chi connectivity index (χ0n) is 17.9. The minimum atomic E-state index is 0. The average Bonchev–Trinajstić information content (AvgIpc) is 2.66. The highest BCUT2D eigenvalue weighted by Gasteiger charge is 2.12. The molecule has 0 bridgehead atoms. The van der Waals surface area contributed by atoms with E-state index in [0.717, 1.165) is 38.6 Å². The molecule has 1 aromatic carbocycles. The van der Waals surface area contributed by atoms with E-state index in [1.54, 1.807) is 0 Å². The van der Waals surface area contributed by atoms with Crippen molar-refractivity contribution in [3.8, 4) is 0 Å². The van der Waals surface area contributed by atoms with Crippen LogP contribution in [0.2, 0.25) is 0 Å². The van der Waals surface area contributed by atoms with Crippen molar-refractivity contribution in [3.05, 3.63) is 35.4 Å². The van der Waals surface area contributed by atoms with Gasteiger partial charge in [-0.2, -0.15) is 0 Å². The zero-order valence-corrected chi connectivity index (χ0v) is 20.2. The van der Waals surface area contributed by atoms with Crippen LogP contribution in [0.3, 0.4) is 0 Å². The predicted octanol–water partition coefficient (Wildman–Crippen LogP) is 4.16. The van der Waals surface area contributed by atoms with Crippen LogP contribution >= 0.6 is 24.0 Å². The number of hydrogen-bond donors (Lipinski definition) is 2. The van der Waals surface area contributed by atoms with Gasteiger partial charge in [-0.3, -0.25) is 0 Å². The number of hydrogen-bond acceptors (Lipinski definition) is 3. The van der Waals surface area contributed by atoms with E-state index in [0.29, 0.717) is 12.6 Å². The third-order valence-corrected chi connectivity index (χ3v) is 4.77. The second-order valence-electron chi connectivity index (χ2n) is 7.66. The van der Waals surface area contributed by atoms with Gasteiger partial charge < -0.3 is 20.3 Å². The molecule has 2 rings (SSSR count). The van der Waals surface area contributed by atoms with Crippen LogP contribution in [0.1, 0.15) is 56.6 Å². The summed E-state index contributed by atoms with van der Waals surface area (Å²) >= 11 is 0. The molecule has 2 N–H and O–H groups in total. The molecular weight excluding hydrogens is 463 g/mol. The summed E-state index contributed by atoms with van der Waals surface area (Å²) in [5.41, 5.74) is 2.57. The Hall–Kier alpha value is -0.860. The number of ether oxygens (including phenoxy) is 1. The maximum atomic E-state index is 5.99. The Kier molecular flexibility index (Phi) is 13.5. The van der Waals surface area contributed by atoms with Gasteiger partial charge in [0.1, 0.15) is 0 Å². The molecule has 0 unspecified atom stereocenters. The topological polar surface area (TPSA) is 48.9 Å². The van der Waals surface area contributed by atoms with Crippen LogP contribution < -0.4 is 10.6 Å². The molecular formula is C22H39IN4O. The first kappa shape index (κ1) is 25.2. The summed E-state index contributed by atoms with van der Waals surface area (Å²) in [4.78, 5) is 6.92. The minimum Gasteiger partial charge on any atom is -0.378 e. The van der Waals surface area contributed by atoms with Crippen LogP contribution in [0.15, 0.2) is 29.3 Å². The van der Waals surface area contributed by atoms with Gasteiger partial charge in [0.25, 0.3) is 0 Å². The van der Waals surface area contributed by atoms with Crippen LogP contribution in [0.4, 0.5) is 0 Å². The number of aliphatic imine (C=N–C) groups is 1. The third-order valence-electron chi connectivity index (χ3n) is 4.77. The van der Waals surface area contributed by atoms with Gasteiger partial charge in [0, 0.05) is 26.2 Å². The Morgan fingerprint density at radius 2 is 1.89 bits per heavy atom. The normalized spacial score (nSPS) is 15.4. The van der Waals surface area contributed by atoms with Crippen molar-refractivity contribution in [2.24, 2.45) is 4.99 Å².